The lowest BCUT2D eigenvalue weighted by molar-refractivity contribution is 0.194. The van der Waals surface area contributed by atoms with Gasteiger partial charge in [-0.3, -0.25) is 9.36 Å². The molecule has 0 bridgehead atoms. The summed E-state index contributed by atoms with van der Waals surface area (Å²) >= 11 is 0. The summed E-state index contributed by atoms with van der Waals surface area (Å²) < 4.78 is 1.68. The van der Waals surface area contributed by atoms with Gasteiger partial charge < -0.3 is 10.4 Å². The highest BCUT2D eigenvalue weighted by Gasteiger charge is 2.10. The largest absolute Gasteiger partial charge is 0.465 e. The molecule has 118 valence electrons. The number of fused-ring (bicyclic) bond motifs is 1. The molecular formula is C16H21N3O3. The zero-order chi connectivity index (χ0) is 15.9. The minimum atomic E-state index is -1.05. The molecular weight excluding hydrogens is 282 g/mol. The fraction of sp³-hybridized carbons (Fsp3) is 0.438. The molecule has 22 heavy (non-hydrogen) atoms. The lowest BCUT2D eigenvalue weighted by Crippen LogP contribution is -2.28. The first-order chi connectivity index (χ1) is 10.6. The van der Waals surface area contributed by atoms with Crippen LogP contribution in [0.3, 0.4) is 0 Å². The second-order valence-electron chi connectivity index (χ2n) is 5.19. The Balaban J connectivity index is 2.29. The van der Waals surface area contributed by atoms with Gasteiger partial charge in [-0.05, 0) is 25.0 Å². The molecule has 0 fully saturated rings. The highest BCUT2D eigenvalue weighted by Crippen LogP contribution is 2.10. The maximum Gasteiger partial charge on any atom is 0.404 e. The van der Waals surface area contributed by atoms with Crippen LogP contribution in [-0.4, -0.2) is 27.3 Å². The topological polar surface area (TPSA) is 84.2 Å². The number of benzene rings is 1. The van der Waals surface area contributed by atoms with Crippen LogP contribution in [0.1, 0.15) is 32.0 Å². The van der Waals surface area contributed by atoms with Crippen LogP contribution in [0.25, 0.3) is 10.9 Å². The van der Waals surface area contributed by atoms with Crippen LogP contribution in [0.15, 0.2) is 29.1 Å². The van der Waals surface area contributed by atoms with Crippen molar-refractivity contribution >= 4 is 17.0 Å². The van der Waals surface area contributed by atoms with Crippen LogP contribution in [0.5, 0.6) is 0 Å². The van der Waals surface area contributed by atoms with E-state index in [-0.39, 0.29) is 5.56 Å². The van der Waals surface area contributed by atoms with Gasteiger partial charge in [-0.1, -0.05) is 25.5 Å². The smallest absolute Gasteiger partial charge is 0.404 e. The third kappa shape index (κ3) is 3.84. The van der Waals surface area contributed by atoms with Crippen LogP contribution in [0.4, 0.5) is 4.79 Å². The number of rotatable bonds is 7. The lowest BCUT2D eigenvalue weighted by atomic mass is 10.2. The van der Waals surface area contributed by atoms with E-state index >= 15 is 0 Å². The van der Waals surface area contributed by atoms with Gasteiger partial charge in [0.2, 0.25) is 0 Å². The van der Waals surface area contributed by atoms with E-state index in [0.29, 0.717) is 24.9 Å². The summed E-state index contributed by atoms with van der Waals surface area (Å²) in [6.45, 7) is 2.89. The minimum absolute atomic E-state index is 0.0490. The molecule has 0 saturated heterocycles. The number of hydrogen-bond acceptors (Lipinski definition) is 3. The van der Waals surface area contributed by atoms with Gasteiger partial charge in [0, 0.05) is 19.5 Å². The molecule has 6 nitrogen and oxygen atoms in total. The molecule has 6 heteroatoms. The Hall–Kier alpha value is -2.37. The first-order valence-electron chi connectivity index (χ1n) is 7.58. The number of amides is 1. The van der Waals surface area contributed by atoms with Crippen LogP contribution < -0.4 is 10.9 Å². The van der Waals surface area contributed by atoms with Crippen molar-refractivity contribution in [3.63, 3.8) is 0 Å². The predicted molar refractivity (Wildman–Crippen MR) is 85.3 cm³/mol. The molecule has 0 unspecified atom stereocenters. The van der Waals surface area contributed by atoms with E-state index in [9.17, 15) is 9.59 Å². The van der Waals surface area contributed by atoms with E-state index < -0.39 is 6.09 Å². The summed E-state index contributed by atoms with van der Waals surface area (Å²) in [5.41, 5.74) is 0.672. The van der Waals surface area contributed by atoms with Crippen LogP contribution in [0, 0.1) is 0 Å². The second kappa shape index (κ2) is 7.59. The average Bonchev–Trinajstić information content (AvgIpc) is 2.51. The summed E-state index contributed by atoms with van der Waals surface area (Å²) in [7, 11) is 0. The molecule has 2 aromatic rings. The number of nitrogens with zero attached hydrogens (tertiary/aromatic N) is 2. The van der Waals surface area contributed by atoms with Crippen molar-refractivity contribution in [3.05, 3.63) is 40.4 Å². The van der Waals surface area contributed by atoms with Crippen molar-refractivity contribution in [1.82, 2.24) is 14.9 Å². The molecule has 0 radical (unpaired) electrons. The van der Waals surface area contributed by atoms with E-state index in [2.05, 4.69) is 17.2 Å². The SMILES string of the molecule is CCCCc1nc2ccccc2c(=O)n1CCCNC(=O)O. The zero-order valence-electron chi connectivity index (χ0n) is 12.7. The summed E-state index contributed by atoms with van der Waals surface area (Å²) in [4.78, 5) is 27.7. The minimum Gasteiger partial charge on any atom is -0.465 e. The molecule has 0 aliphatic rings. The van der Waals surface area contributed by atoms with Gasteiger partial charge in [-0.15, -0.1) is 0 Å². The molecule has 1 aromatic carbocycles. The second-order valence-corrected chi connectivity index (χ2v) is 5.19. The van der Waals surface area contributed by atoms with Gasteiger partial charge in [-0.25, -0.2) is 9.78 Å². The van der Waals surface area contributed by atoms with E-state index in [4.69, 9.17) is 5.11 Å². The average molecular weight is 303 g/mol. The number of para-hydroxylation sites is 1. The highest BCUT2D eigenvalue weighted by atomic mass is 16.4. The van der Waals surface area contributed by atoms with Crippen molar-refractivity contribution < 1.29 is 9.90 Å². The number of unbranched alkanes of at least 4 members (excludes halogenated alkanes) is 1. The third-order valence-corrected chi connectivity index (χ3v) is 3.53. The van der Waals surface area contributed by atoms with Gasteiger partial charge >= 0.3 is 6.09 Å². The van der Waals surface area contributed by atoms with Crippen molar-refractivity contribution in [2.75, 3.05) is 6.54 Å². The molecule has 0 atom stereocenters. The van der Waals surface area contributed by atoms with Crippen molar-refractivity contribution in [3.8, 4) is 0 Å². The van der Waals surface area contributed by atoms with Gasteiger partial charge in [-0.2, -0.15) is 0 Å². The standard InChI is InChI=1S/C16H21N3O3/c1-2-3-9-14-18-13-8-5-4-7-12(13)15(20)19(14)11-6-10-17-16(21)22/h4-5,7-8,17H,2-3,6,9-11H2,1H3,(H,21,22). The Bertz CT molecular complexity index is 709. The van der Waals surface area contributed by atoms with E-state index in [1.54, 1.807) is 10.6 Å². The number of hydrogen-bond donors (Lipinski definition) is 2. The summed E-state index contributed by atoms with van der Waals surface area (Å²) in [5.74, 6) is 0.779. The molecule has 0 aliphatic heterocycles. The van der Waals surface area contributed by atoms with Crippen LogP contribution in [-0.2, 0) is 13.0 Å². The molecule has 1 heterocycles. The summed E-state index contributed by atoms with van der Waals surface area (Å²) in [5, 5.41) is 11.5. The molecule has 0 aliphatic carbocycles. The first kappa shape index (κ1) is 16.0. The van der Waals surface area contributed by atoms with Gasteiger partial charge in [0.15, 0.2) is 0 Å². The van der Waals surface area contributed by atoms with Gasteiger partial charge in [0.1, 0.15) is 5.82 Å². The quantitative estimate of drug-likeness (QED) is 0.769. The number of carbonyl (C=O) groups is 1. The Morgan fingerprint density at radius 1 is 1.32 bits per heavy atom. The third-order valence-electron chi connectivity index (χ3n) is 3.53. The predicted octanol–water partition coefficient (Wildman–Crippen LogP) is 2.40. The monoisotopic (exact) mass is 303 g/mol. The van der Waals surface area contributed by atoms with E-state index in [1.807, 2.05) is 18.2 Å². The van der Waals surface area contributed by atoms with Gasteiger partial charge in [0.25, 0.3) is 5.56 Å². The first-order valence-corrected chi connectivity index (χ1v) is 7.58. The van der Waals surface area contributed by atoms with Gasteiger partial charge in [0.05, 0.1) is 10.9 Å². The summed E-state index contributed by atoms with van der Waals surface area (Å²) in [6.07, 6.45) is 2.27. The number of aromatic nitrogens is 2. The lowest BCUT2D eigenvalue weighted by Gasteiger charge is -2.13. The Morgan fingerprint density at radius 3 is 2.82 bits per heavy atom. The fourth-order valence-electron chi connectivity index (χ4n) is 2.40. The number of carboxylic acid groups (broad SMARTS) is 1. The Kier molecular flexibility index (Phi) is 5.52. The van der Waals surface area contributed by atoms with Crippen LogP contribution in [0.2, 0.25) is 0 Å². The maximum atomic E-state index is 12.6. The molecule has 0 spiro atoms. The van der Waals surface area contributed by atoms with Crippen molar-refractivity contribution in [1.29, 1.82) is 0 Å². The number of aryl methyl sites for hydroxylation is 1. The van der Waals surface area contributed by atoms with Crippen molar-refractivity contribution in [2.24, 2.45) is 0 Å². The molecule has 1 aromatic heterocycles. The fourth-order valence-corrected chi connectivity index (χ4v) is 2.40. The molecule has 1 amide bonds. The summed E-state index contributed by atoms with van der Waals surface area (Å²) in [6, 6.07) is 7.33. The Morgan fingerprint density at radius 2 is 2.09 bits per heavy atom. The number of nitrogens with one attached hydrogen (secondary N) is 1. The van der Waals surface area contributed by atoms with E-state index in [1.165, 1.54) is 0 Å². The maximum absolute atomic E-state index is 12.6. The van der Waals surface area contributed by atoms with Crippen LogP contribution >= 0.6 is 0 Å². The highest BCUT2D eigenvalue weighted by molar-refractivity contribution is 5.77. The normalized spacial score (nSPS) is 10.8. The molecule has 0 saturated carbocycles. The molecule has 2 rings (SSSR count). The Labute approximate surface area is 128 Å². The zero-order valence-corrected chi connectivity index (χ0v) is 12.7. The van der Waals surface area contributed by atoms with Crippen molar-refractivity contribution in [2.45, 2.75) is 39.2 Å². The van der Waals surface area contributed by atoms with E-state index in [0.717, 1.165) is 30.6 Å². The molecule has 2 N–H and O–H groups in total.